The maximum atomic E-state index is 13.7. The summed E-state index contributed by atoms with van der Waals surface area (Å²) in [6.45, 7) is 4.05. The van der Waals surface area contributed by atoms with Crippen molar-refractivity contribution in [2.75, 3.05) is 10.6 Å². The molecule has 0 fully saturated rings. The predicted octanol–water partition coefficient (Wildman–Crippen LogP) is 5.37. The van der Waals surface area contributed by atoms with Gasteiger partial charge in [-0.2, -0.15) is 0 Å². The van der Waals surface area contributed by atoms with Gasteiger partial charge in [0.2, 0.25) is 0 Å². The van der Waals surface area contributed by atoms with E-state index in [2.05, 4.69) is 22.5 Å². The summed E-state index contributed by atoms with van der Waals surface area (Å²) in [4.78, 5) is 16.4. The monoisotopic (exact) mass is 385 g/mol. The second-order valence-electron chi connectivity index (χ2n) is 6.20. The number of amides is 1. The lowest BCUT2D eigenvalue weighted by atomic mass is 10.1. The molecule has 0 saturated heterocycles. The lowest BCUT2D eigenvalue weighted by Gasteiger charge is -2.14. The van der Waals surface area contributed by atoms with Gasteiger partial charge in [-0.3, -0.25) is 4.79 Å². The molecule has 0 aliphatic heterocycles. The number of halogens is 3. The molecule has 2 aromatic carbocycles. The van der Waals surface area contributed by atoms with E-state index >= 15 is 0 Å². The van der Waals surface area contributed by atoms with Crippen LogP contribution in [-0.4, -0.2) is 10.9 Å². The maximum Gasteiger partial charge on any atom is 0.258 e. The van der Waals surface area contributed by atoms with Gasteiger partial charge in [0.1, 0.15) is 5.82 Å². The zero-order valence-corrected chi connectivity index (χ0v) is 15.3. The van der Waals surface area contributed by atoms with E-state index in [-0.39, 0.29) is 0 Å². The van der Waals surface area contributed by atoms with Crippen LogP contribution < -0.4 is 10.6 Å². The van der Waals surface area contributed by atoms with Gasteiger partial charge in [-0.1, -0.05) is 25.1 Å². The Morgan fingerprint density at radius 1 is 1.04 bits per heavy atom. The van der Waals surface area contributed by atoms with Crippen LogP contribution in [0.5, 0.6) is 0 Å². The van der Waals surface area contributed by atoms with Crippen molar-refractivity contribution in [2.45, 2.75) is 20.3 Å². The fourth-order valence-electron chi connectivity index (χ4n) is 2.77. The van der Waals surface area contributed by atoms with Crippen molar-refractivity contribution in [2.24, 2.45) is 0 Å². The molecule has 4 nitrogen and oxygen atoms in total. The minimum Gasteiger partial charge on any atom is -0.340 e. The molecule has 0 saturated carbocycles. The van der Waals surface area contributed by atoms with Crippen LogP contribution in [0.3, 0.4) is 0 Å². The summed E-state index contributed by atoms with van der Waals surface area (Å²) in [5.74, 6) is -4.90. The van der Waals surface area contributed by atoms with E-state index in [4.69, 9.17) is 0 Å². The highest BCUT2D eigenvalue weighted by molar-refractivity contribution is 6.04. The minimum absolute atomic E-state index is 0.292. The Morgan fingerprint density at radius 3 is 2.50 bits per heavy atom. The maximum absolute atomic E-state index is 13.7. The largest absolute Gasteiger partial charge is 0.340 e. The Labute approximate surface area is 160 Å². The highest BCUT2D eigenvalue weighted by Crippen LogP contribution is 2.25. The van der Waals surface area contributed by atoms with Gasteiger partial charge in [0.15, 0.2) is 17.5 Å². The van der Waals surface area contributed by atoms with Gasteiger partial charge in [0, 0.05) is 5.69 Å². The number of hydrogen-bond acceptors (Lipinski definition) is 3. The molecule has 0 bridgehead atoms. The van der Waals surface area contributed by atoms with Gasteiger partial charge < -0.3 is 10.6 Å². The van der Waals surface area contributed by atoms with Gasteiger partial charge in [0.25, 0.3) is 5.91 Å². The summed E-state index contributed by atoms with van der Waals surface area (Å²) in [6, 6.07) is 10.8. The first-order chi connectivity index (χ1) is 13.4. The summed E-state index contributed by atoms with van der Waals surface area (Å²) in [5, 5.41) is 5.66. The summed E-state index contributed by atoms with van der Waals surface area (Å²) in [7, 11) is 0. The molecule has 144 valence electrons. The quantitative estimate of drug-likeness (QED) is 0.581. The summed E-state index contributed by atoms with van der Waals surface area (Å²) in [5.41, 5.74) is 2.90. The molecule has 7 heteroatoms. The second-order valence-corrected chi connectivity index (χ2v) is 6.20. The Hall–Kier alpha value is -3.35. The van der Waals surface area contributed by atoms with E-state index in [0.717, 1.165) is 29.3 Å². The van der Waals surface area contributed by atoms with E-state index in [9.17, 15) is 18.0 Å². The fourth-order valence-corrected chi connectivity index (χ4v) is 2.77. The van der Waals surface area contributed by atoms with Crippen LogP contribution in [0.2, 0.25) is 0 Å². The zero-order valence-electron chi connectivity index (χ0n) is 15.3. The topological polar surface area (TPSA) is 54.0 Å². The zero-order chi connectivity index (χ0) is 20.3. The molecule has 28 heavy (non-hydrogen) atoms. The average molecular weight is 385 g/mol. The van der Waals surface area contributed by atoms with Crippen molar-refractivity contribution < 1.29 is 18.0 Å². The second kappa shape index (κ2) is 8.12. The van der Waals surface area contributed by atoms with Gasteiger partial charge >= 0.3 is 0 Å². The van der Waals surface area contributed by atoms with Crippen LogP contribution in [0, 0.1) is 24.4 Å². The molecule has 0 spiro atoms. The molecule has 1 amide bonds. The molecule has 0 aliphatic rings. The first kappa shape index (κ1) is 19.4. The molecule has 0 unspecified atom stereocenters. The average Bonchev–Trinajstić information content (AvgIpc) is 2.69. The van der Waals surface area contributed by atoms with Gasteiger partial charge in [-0.05, 0) is 48.7 Å². The third kappa shape index (κ3) is 3.98. The first-order valence-electron chi connectivity index (χ1n) is 8.67. The van der Waals surface area contributed by atoms with Gasteiger partial charge in [0.05, 0.1) is 17.4 Å². The third-order valence-corrected chi connectivity index (χ3v) is 4.29. The van der Waals surface area contributed by atoms with Crippen LogP contribution in [-0.2, 0) is 6.42 Å². The molecule has 1 aromatic heterocycles. The summed E-state index contributed by atoms with van der Waals surface area (Å²) >= 11 is 0. The van der Waals surface area contributed by atoms with Gasteiger partial charge in [-0.15, -0.1) is 0 Å². The van der Waals surface area contributed by atoms with Crippen LogP contribution >= 0.6 is 0 Å². The molecule has 0 atom stereocenters. The third-order valence-electron chi connectivity index (χ3n) is 4.29. The standard InChI is InChI=1S/C21H18F3N3O/c1-3-13-6-4-5-12(2)20(13)27-17-10-7-14(11-25-17)26-21(28)15-8-9-16(22)19(24)18(15)23/h4-11H,3H2,1-2H3,(H,25,27)(H,26,28). The van der Waals surface area contributed by atoms with Crippen LogP contribution in [0.25, 0.3) is 0 Å². The van der Waals surface area contributed by atoms with E-state index < -0.39 is 28.9 Å². The number of aromatic nitrogens is 1. The summed E-state index contributed by atoms with van der Waals surface area (Å²) < 4.78 is 40.0. The van der Waals surface area contributed by atoms with Crippen molar-refractivity contribution in [3.8, 4) is 0 Å². The molecule has 0 aliphatic carbocycles. The highest BCUT2D eigenvalue weighted by atomic mass is 19.2. The van der Waals surface area contributed by atoms with Crippen molar-refractivity contribution in [3.63, 3.8) is 0 Å². The van der Waals surface area contributed by atoms with Crippen molar-refractivity contribution >= 4 is 23.1 Å². The SMILES string of the molecule is CCc1cccc(C)c1Nc1ccc(NC(=O)c2ccc(F)c(F)c2F)cn1. The number of carbonyl (C=O) groups excluding carboxylic acids is 1. The molecular weight excluding hydrogens is 367 g/mol. The van der Waals surface area contributed by atoms with E-state index in [1.54, 1.807) is 12.1 Å². The molecule has 0 radical (unpaired) electrons. The number of nitrogens with zero attached hydrogens (tertiary/aromatic N) is 1. The van der Waals surface area contributed by atoms with Crippen LogP contribution in [0.4, 0.5) is 30.4 Å². The Morgan fingerprint density at radius 2 is 1.82 bits per heavy atom. The predicted molar refractivity (Wildman–Crippen MR) is 102 cm³/mol. The number of benzene rings is 2. The Bertz CT molecular complexity index is 1020. The van der Waals surface area contributed by atoms with Crippen molar-refractivity contribution in [3.05, 3.63) is 82.8 Å². The molecular formula is C21H18F3N3O. The number of nitrogens with one attached hydrogen (secondary N) is 2. The number of carbonyl (C=O) groups is 1. The molecule has 3 aromatic rings. The lowest BCUT2D eigenvalue weighted by Crippen LogP contribution is -2.15. The number of hydrogen-bond donors (Lipinski definition) is 2. The minimum atomic E-state index is -1.68. The van der Waals surface area contributed by atoms with E-state index in [1.165, 1.54) is 6.20 Å². The van der Waals surface area contributed by atoms with Crippen LogP contribution in [0.1, 0.15) is 28.4 Å². The number of aryl methyl sites for hydroxylation is 2. The highest BCUT2D eigenvalue weighted by Gasteiger charge is 2.19. The fraction of sp³-hybridized carbons (Fsp3) is 0.143. The van der Waals surface area contributed by atoms with Crippen molar-refractivity contribution in [1.29, 1.82) is 0 Å². The molecule has 1 heterocycles. The van der Waals surface area contributed by atoms with Crippen LogP contribution in [0.15, 0.2) is 48.7 Å². The van der Waals surface area contributed by atoms with Crippen molar-refractivity contribution in [1.82, 2.24) is 4.98 Å². The Balaban J connectivity index is 1.75. The first-order valence-corrected chi connectivity index (χ1v) is 8.67. The Kier molecular flexibility index (Phi) is 5.63. The number of anilines is 3. The smallest absolute Gasteiger partial charge is 0.258 e. The number of pyridine rings is 1. The lowest BCUT2D eigenvalue weighted by molar-refractivity contribution is 0.102. The number of para-hydroxylation sites is 1. The molecule has 2 N–H and O–H groups in total. The number of rotatable bonds is 5. The summed E-state index contributed by atoms with van der Waals surface area (Å²) in [6.07, 6.45) is 2.25. The normalized spacial score (nSPS) is 10.6. The van der Waals surface area contributed by atoms with Gasteiger partial charge in [-0.25, -0.2) is 18.2 Å². The van der Waals surface area contributed by atoms with E-state index in [0.29, 0.717) is 17.6 Å². The van der Waals surface area contributed by atoms with E-state index in [1.807, 2.05) is 25.1 Å². The molecule has 3 rings (SSSR count).